The Kier molecular flexibility index (Phi) is 3.23. The molecule has 4 heteroatoms. The van der Waals surface area contributed by atoms with Crippen LogP contribution in [0.2, 0.25) is 0 Å². The van der Waals surface area contributed by atoms with Gasteiger partial charge in [-0.15, -0.1) is 0 Å². The minimum Gasteiger partial charge on any atom is -0.480 e. The molecule has 0 aliphatic rings. The molecule has 0 spiro atoms. The molecule has 0 aliphatic heterocycles. The van der Waals surface area contributed by atoms with Gasteiger partial charge >= 0.3 is 5.97 Å². The maximum absolute atomic E-state index is 11.4. The second kappa shape index (κ2) is 4.41. The molecule has 1 aromatic carbocycles. The maximum atomic E-state index is 11.4. The summed E-state index contributed by atoms with van der Waals surface area (Å²) in [5.74, 6) is -1.42. The number of carbonyl (C=O) groups excluding carboxylic acids is 1. The van der Waals surface area contributed by atoms with Crippen molar-refractivity contribution in [2.75, 3.05) is 0 Å². The monoisotopic (exact) mass is 193 g/mol. The molecular formula is C10H11NO3. The molecule has 0 aliphatic carbocycles. The van der Waals surface area contributed by atoms with E-state index in [4.69, 9.17) is 5.11 Å². The Morgan fingerprint density at radius 1 is 1.29 bits per heavy atom. The molecule has 0 heterocycles. The Hall–Kier alpha value is -1.84. The van der Waals surface area contributed by atoms with E-state index < -0.39 is 12.0 Å². The quantitative estimate of drug-likeness (QED) is 0.749. The number of amides is 1. The summed E-state index contributed by atoms with van der Waals surface area (Å²) in [6.45, 7) is 1.42. The van der Waals surface area contributed by atoms with Crippen molar-refractivity contribution in [1.82, 2.24) is 5.32 Å². The van der Waals surface area contributed by atoms with Crippen LogP contribution >= 0.6 is 0 Å². The summed E-state index contributed by atoms with van der Waals surface area (Å²) in [5, 5.41) is 10.9. The van der Waals surface area contributed by atoms with E-state index in [2.05, 4.69) is 5.32 Å². The van der Waals surface area contributed by atoms with Crippen molar-refractivity contribution in [1.29, 1.82) is 0 Å². The number of benzene rings is 1. The summed E-state index contributed by atoms with van der Waals surface area (Å²) in [6.07, 6.45) is 0. The van der Waals surface area contributed by atoms with Crippen LogP contribution in [0.25, 0.3) is 0 Å². The highest BCUT2D eigenvalue weighted by Gasteiger charge is 2.14. The van der Waals surface area contributed by atoms with E-state index in [-0.39, 0.29) is 5.91 Å². The van der Waals surface area contributed by atoms with Gasteiger partial charge in [0.1, 0.15) is 6.04 Å². The number of carboxylic acids is 1. The Bertz CT molecular complexity index is 334. The molecule has 4 nitrogen and oxygen atoms in total. The standard InChI is InChI=1S/C10H11NO3/c1-7(10(13)14)11-9(12)8-5-3-2-4-6-8/h2-7H,1H3,(H,11,12)(H,13,14)/t7-/m0/s1. The molecule has 2 N–H and O–H groups in total. The van der Waals surface area contributed by atoms with E-state index in [0.29, 0.717) is 5.56 Å². The lowest BCUT2D eigenvalue weighted by atomic mass is 10.2. The van der Waals surface area contributed by atoms with Gasteiger partial charge in [0.05, 0.1) is 0 Å². The van der Waals surface area contributed by atoms with Gasteiger partial charge in [0.25, 0.3) is 5.91 Å². The van der Waals surface area contributed by atoms with E-state index in [0.717, 1.165) is 0 Å². The lowest BCUT2D eigenvalue weighted by Gasteiger charge is -2.08. The molecule has 1 amide bonds. The van der Waals surface area contributed by atoms with E-state index in [1.165, 1.54) is 6.92 Å². The van der Waals surface area contributed by atoms with Crippen molar-refractivity contribution in [3.63, 3.8) is 0 Å². The zero-order valence-electron chi connectivity index (χ0n) is 7.73. The second-order valence-corrected chi connectivity index (χ2v) is 2.90. The van der Waals surface area contributed by atoms with Gasteiger partial charge < -0.3 is 10.4 Å². The lowest BCUT2D eigenvalue weighted by Crippen LogP contribution is -2.38. The topological polar surface area (TPSA) is 66.4 Å². The van der Waals surface area contributed by atoms with Crippen LogP contribution in [0.15, 0.2) is 30.3 Å². The molecular weight excluding hydrogens is 182 g/mol. The molecule has 0 bridgehead atoms. The van der Waals surface area contributed by atoms with Gasteiger partial charge in [-0.05, 0) is 19.1 Å². The van der Waals surface area contributed by atoms with E-state index in [1.807, 2.05) is 0 Å². The van der Waals surface area contributed by atoms with Crippen LogP contribution in [-0.2, 0) is 4.79 Å². The Labute approximate surface area is 81.6 Å². The fourth-order valence-corrected chi connectivity index (χ4v) is 0.931. The first-order chi connectivity index (χ1) is 6.61. The number of nitrogens with one attached hydrogen (secondary N) is 1. The highest BCUT2D eigenvalue weighted by atomic mass is 16.4. The molecule has 1 rings (SSSR count). The van der Waals surface area contributed by atoms with E-state index >= 15 is 0 Å². The van der Waals surface area contributed by atoms with Crippen molar-refractivity contribution in [3.8, 4) is 0 Å². The second-order valence-electron chi connectivity index (χ2n) is 2.90. The molecule has 0 unspecified atom stereocenters. The van der Waals surface area contributed by atoms with Crippen molar-refractivity contribution in [2.45, 2.75) is 13.0 Å². The number of hydrogen-bond donors (Lipinski definition) is 2. The molecule has 0 saturated carbocycles. The van der Waals surface area contributed by atoms with E-state index in [9.17, 15) is 9.59 Å². The Balaban J connectivity index is 2.64. The number of carboxylic acid groups (broad SMARTS) is 1. The minimum atomic E-state index is -1.05. The summed E-state index contributed by atoms with van der Waals surface area (Å²) >= 11 is 0. The number of aliphatic carboxylic acids is 1. The highest BCUT2D eigenvalue weighted by molar-refractivity contribution is 5.96. The number of hydrogen-bond acceptors (Lipinski definition) is 2. The van der Waals surface area contributed by atoms with Crippen molar-refractivity contribution < 1.29 is 14.7 Å². The van der Waals surface area contributed by atoms with Crippen LogP contribution in [-0.4, -0.2) is 23.0 Å². The van der Waals surface area contributed by atoms with Gasteiger partial charge in [-0.2, -0.15) is 0 Å². The summed E-state index contributed by atoms with van der Waals surface area (Å²) in [5.41, 5.74) is 0.459. The maximum Gasteiger partial charge on any atom is 0.325 e. The van der Waals surface area contributed by atoms with Crippen molar-refractivity contribution >= 4 is 11.9 Å². The molecule has 0 fully saturated rings. The van der Waals surface area contributed by atoms with Crippen molar-refractivity contribution in [2.24, 2.45) is 0 Å². The fourth-order valence-electron chi connectivity index (χ4n) is 0.931. The Morgan fingerprint density at radius 3 is 2.36 bits per heavy atom. The first kappa shape index (κ1) is 10.2. The molecule has 0 saturated heterocycles. The molecule has 0 radical (unpaired) electrons. The average Bonchev–Trinajstić information content (AvgIpc) is 2.19. The van der Waals surface area contributed by atoms with Crippen LogP contribution in [0.1, 0.15) is 17.3 Å². The molecule has 1 atom stereocenters. The summed E-state index contributed by atoms with van der Waals surface area (Å²) in [6, 6.07) is 7.62. The van der Waals surface area contributed by atoms with Gasteiger partial charge in [0, 0.05) is 5.56 Å². The number of rotatable bonds is 3. The van der Waals surface area contributed by atoms with Crippen molar-refractivity contribution in [3.05, 3.63) is 35.9 Å². The lowest BCUT2D eigenvalue weighted by molar-refractivity contribution is -0.138. The van der Waals surface area contributed by atoms with Gasteiger partial charge in [0.2, 0.25) is 0 Å². The molecule has 74 valence electrons. The predicted molar refractivity (Wildman–Crippen MR) is 51.0 cm³/mol. The van der Waals surface area contributed by atoms with Gasteiger partial charge in [-0.3, -0.25) is 9.59 Å². The zero-order valence-corrected chi connectivity index (χ0v) is 7.73. The van der Waals surface area contributed by atoms with Gasteiger partial charge in [0.15, 0.2) is 0 Å². The van der Waals surface area contributed by atoms with Crippen LogP contribution in [0.5, 0.6) is 0 Å². The van der Waals surface area contributed by atoms with Gasteiger partial charge in [-0.25, -0.2) is 0 Å². The Morgan fingerprint density at radius 2 is 1.86 bits per heavy atom. The summed E-state index contributed by atoms with van der Waals surface area (Å²) < 4.78 is 0. The number of carbonyl (C=O) groups is 2. The van der Waals surface area contributed by atoms with Gasteiger partial charge in [-0.1, -0.05) is 18.2 Å². The third-order valence-corrected chi connectivity index (χ3v) is 1.75. The SMILES string of the molecule is C[C@H](NC(=O)c1ccccc1)C(=O)O. The fraction of sp³-hybridized carbons (Fsp3) is 0.200. The van der Waals surface area contributed by atoms with Crippen LogP contribution in [0, 0.1) is 0 Å². The minimum absolute atomic E-state index is 0.375. The third kappa shape index (κ3) is 2.58. The smallest absolute Gasteiger partial charge is 0.325 e. The van der Waals surface area contributed by atoms with Crippen LogP contribution in [0.4, 0.5) is 0 Å². The first-order valence-electron chi connectivity index (χ1n) is 4.20. The summed E-state index contributed by atoms with van der Waals surface area (Å²) in [7, 11) is 0. The predicted octanol–water partition coefficient (Wildman–Crippen LogP) is 0.890. The largest absolute Gasteiger partial charge is 0.480 e. The average molecular weight is 193 g/mol. The highest BCUT2D eigenvalue weighted by Crippen LogP contribution is 1.98. The third-order valence-electron chi connectivity index (χ3n) is 1.75. The summed E-state index contributed by atoms with van der Waals surface area (Å²) in [4.78, 5) is 21.8. The van der Waals surface area contributed by atoms with E-state index in [1.54, 1.807) is 30.3 Å². The normalized spacial score (nSPS) is 11.8. The molecule has 1 aromatic rings. The van der Waals surface area contributed by atoms with Crippen LogP contribution < -0.4 is 5.32 Å². The van der Waals surface area contributed by atoms with Crippen LogP contribution in [0.3, 0.4) is 0 Å². The zero-order chi connectivity index (χ0) is 10.6. The first-order valence-corrected chi connectivity index (χ1v) is 4.20. The molecule has 14 heavy (non-hydrogen) atoms. The molecule has 0 aromatic heterocycles.